The van der Waals surface area contributed by atoms with Crippen molar-refractivity contribution in [1.29, 1.82) is 0 Å². The number of nitrogens with zero attached hydrogens (tertiary/aromatic N) is 4. The Balaban J connectivity index is 1.98. The predicted octanol–water partition coefficient (Wildman–Crippen LogP) is 2.96. The monoisotopic (exact) mass is 351 g/mol. The van der Waals surface area contributed by atoms with Gasteiger partial charge in [0.2, 0.25) is 5.95 Å². The Bertz CT molecular complexity index is 827. The Kier molecular flexibility index (Phi) is 4.56. The Hall–Kier alpha value is -2.02. The molecule has 3 rings (SSSR count). The van der Waals surface area contributed by atoms with Crippen molar-refractivity contribution >= 4 is 29.2 Å². The van der Waals surface area contributed by atoms with Gasteiger partial charge in [-0.3, -0.25) is 0 Å². The summed E-state index contributed by atoms with van der Waals surface area (Å²) in [5.74, 6) is 0.734. The van der Waals surface area contributed by atoms with Gasteiger partial charge in [0.1, 0.15) is 0 Å². The van der Waals surface area contributed by atoms with Crippen molar-refractivity contribution in [3.8, 4) is 5.69 Å². The number of aliphatic hydroxyl groups is 1. The van der Waals surface area contributed by atoms with Gasteiger partial charge in [-0.2, -0.15) is 0 Å². The Morgan fingerprint density at radius 1 is 1.22 bits per heavy atom. The largest absolute Gasteiger partial charge is 0.390 e. The summed E-state index contributed by atoms with van der Waals surface area (Å²) in [6.07, 6.45) is 5.22. The van der Waals surface area contributed by atoms with E-state index in [1.54, 1.807) is 36.3 Å². The first-order valence-corrected chi connectivity index (χ1v) is 7.70. The number of hydrogen-bond acceptors (Lipinski definition) is 4. The smallest absolute Gasteiger partial charge is 0.202 e. The maximum Gasteiger partial charge on any atom is 0.202 e. The predicted molar refractivity (Wildman–Crippen MR) is 90.4 cm³/mol. The highest BCUT2D eigenvalue weighted by molar-refractivity contribution is 6.42. The lowest BCUT2D eigenvalue weighted by Gasteiger charge is -2.10. The third-order valence-corrected chi connectivity index (χ3v) is 4.28. The minimum absolute atomic E-state index is 0.140. The van der Waals surface area contributed by atoms with Gasteiger partial charge in [-0.05, 0) is 18.2 Å². The Labute approximate surface area is 143 Å². The van der Waals surface area contributed by atoms with Gasteiger partial charge in [0.15, 0.2) is 0 Å². The summed E-state index contributed by atoms with van der Waals surface area (Å²) in [7, 11) is 1.81. The van der Waals surface area contributed by atoms with Crippen LogP contribution in [0.1, 0.15) is 11.4 Å². The third kappa shape index (κ3) is 3.06. The number of rotatable bonds is 5. The Morgan fingerprint density at radius 2 is 2.04 bits per heavy atom. The molecule has 0 aliphatic carbocycles. The summed E-state index contributed by atoms with van der Waals surface area (Å²) < 4.78 is 3.72. The number of halogens is 2. The summed E-state index contributed by atoms with van der Waals surface area (Å²) >= 11 is 12.0. The van der Waals surface area contributed by atoms with Gasteiger partial charge in [-0.15, -0.1) is 0 Å². The van der Waals surface area contributed by atoms with E-state index in [-0.39, 0.29) is 6.61 Å². The minimum Gasteiger partial charge on any atom is -0.390 e. The zero-order valence-corrected chi connectivity index (χ0v) is 13.9. The molecule has 2 heterocycles. The van der Waals surface area contributed by atoms with Crippen LogP contribution in [0, 0.1) is 0 Å². The first kappa shape index (κ1) is 15.9. The average molecular weight is 352 g/mol. The van der Waals surface area contributed by atoms with Gasteiger partial charge < -0.3 is 19.6 Å². The highest BCUT2D eigenvalue weighted by atomic mass is 35.5. The highest BCUT2D eigenvalue weighted by Gasteiger charge is 2.14. The molecule has 0 spiro atoms. The maximum absolute atomic E-state index is 9.77. The lowest BCUT2D eigenvalue weighted by molar-refractivity contribution is 0.273. The molecule has 2 aromatic heterocycles. The van der Waals surface area contributed by atoms with Crippen LogP contribution < -0.4 is 5.32 Å². The van der Waals surface area contributed by atoms with Crippen molar-refractivity contribution in [3.63, 3.8) is 0 Å². The van der Waals surface area contributed by atoms with Gasteiger partial charge >= 0.3 is 0 Å². The van der Waals surface area contributed by atoms with Crippen LogP contribution in [-0.2, 0) is 13.2 Å². The molecule has 0 atom stereocenters. The van der Waals surface area contributed by atoms with E-state index in [2.05, 4.69) is 15.3 Å². The van der Waals surface area contributed by atoms with E-state index in [0.29, 0.717) is 22.3 Å². The number of anilines is 1. The van der Waals surface area contributed by atoms with E-state index in [1.165, 1.54) is 0 Å². The number of aliphatic hydroxyl groups excluding tert-OH is 1. The van der Waals surface area contributed by atoms with Gasteiger partial charge in [0.05, 0.1) is 40.9 Å². The summed E-state index contributed by atoms with van der Waals surface area (Å²) in [5.41, 5.74) is 2.24. The minimum atomic E-state index is -0.140. The number of nitrogens with one attached hydrogen (secondary N) is 1. The molecule has 23 heavy (non-hydrogen) atoms. The zero-order chi connectivity index (χ0) is 16.4. The SMILES string of the molecule is CNc1nccn1Cc1ncn(-c2ccc(Cl)c(Cl)c2)c1CO. The van der Waals surface area contributed by atoms with E-state index in [0.717, 1.165) is 17.3 Å². The second-order valence-corrected chi connectivity index (χ2v) is 5.71. The standard InChI is InChI=1S/C15H15Cl2N5O/c1-18-15-19-4-5-21(15)7-13-14(8-23)22(9-20-13)10-2-3-11(16)12(17)6-10/h2-6,9,23H,7-8H2,1H3,(H,18,19). The van der Waals surface area contributed by atoms with Crippen LogP contribution in [0.15, 0.2) is 36.9 Å². The molecular weight excluding hydrogens is 337 g/mol. The van der Waals surface area contributed by atoms with Gasteiger partial charge in [-0.1, -0.05) is 23.2 Å². The van der Waals surface area contributed by atoms with Crippen LogP contribution in [0.5, 0.6) is 0 Å². The van der Waals surface area contributed by atoms with Crippen LogP contribution in [0.3, 0.4) is 0 Å². The molecule has 0 unspecified atom stereocenters. The molecule has 0 radical (unpaired) electrons. The van der Waals surface area contributed by atoms with E-state index < -0.39 is 0 Å². The van der Waals surface area contributed by atoms with Crippen LogP contribution in [-0.4, -0.2) is 31.3 Å². The van der Waals surface area contributed by atoms with Crippen molar-refractivity contribution in [2.75, 3.05) is 12.4 Å². The normalized spacial score (nSPS) is 11.0. The molecule has 1 aromatic carbocycles. The molecule has 120 valence electrons. The van der Waals surface area contributed by atoms with E-state index >= 15 is 0 Å². The van der Waals surface area contributed by atoms with E-state index in [4.69, 9.17) is 23.2 Å². The molecule has 0 fully saturated rings. The topological polar surface area (TPSA) is 67.9 Å². The number of imidazole rings is 2. The summed E-state index contributed by atoms with van der Waals surface area (Å²) in [5, 5.41) is 13.7. The van der Waals surface area contributed by atoms with Crippen molar-refractivity contribution < 1.29 is 5.11 Å². The fourth-order valence-corrected chi connectivity index (χ4v) is 2.69. The maximum atomic E-state index is 9.77. The van der Waals surface area contributed by atoms with Crippen LogP contribution in [0.4, 0.5) is 5.95 Å². The first-order valence-electron chi connectivity index (χ1n) is 6.94. The molecular formula is C15H15Cl2N5O. The summed E-state index contributed by atoms with van der Waals surface area (Å²) in [6.45, 7) is 0.361. The van der Waals surface area contributed by atoms with Gasteiger partial charge in [-0.25, -0.2) is 9.97 Å². The molecule has 0 aliphatic heterocycles. The summed E-state index contributed by atoms with van der Waals surface area (Å²) in [6, 6.07) is 5.29. The highest BCUT2D eigenvalue weighted by Crippen LogP contribution is 2.26. The van der Waals surface area contributed by atoms with Crippen LogP contribution in [0.25, 0.3) is 5.69 Å². The Morgan fingerprint density at radius 3 is 2.74 bits per heavy atom. The number of benzene rings is 1. The van der Waals surface area contributed by atoms with E-state index in [9.17, 15) is 5.11 Å². The summed E-state index contributed by atoms with van der Waals surface area (Å²) in [4.78, 5) is 8.61. The van der Waals surface area contributed by atoms with Crippen LogP contribution in [0.2, 0.25) is 10.0 Å². The fourth-order valence-electron chi connectivity index (χ4n) is 2.39. The van der Waals surface area contributed by atoms with Gasteiger partial charge in [0, 0.05) is 25.1 Å². The lowest BCUT2D eigenvalue weighted by Crippen LogP contribution is -2.08. The van der Waals surface area contributed by atoms with Crippen LogP contribution >= 0.6 is 23.2 Å². The first-order chi connectivity index (χ1) is 11.1. The second kappa shape index (κ2) is 6.62. The molecule has 0 aliphatic rings. The molecule has 8 heteroatoms. The molecule has 0 bridgehead atoms. The van der Waals surface area contributed by atoms with E-state index in [1.807, 2.05) is 16.8 Å². The lowest BCUT2D eigenvalue weighted by atomic mass is 10.2. The molecule has 6 nitrogen and oxygen atoms in total. The number of aromatic nitrogens is 4. The molecule has 0 amide bonds. The van der Waals surface area contributed by atoms with Crippen molar-refractivity contribution in [1.82, 2.24) is 19.1 Å². The molecule has 0 saturated heterocycles. The molecule has 0 saturated carbocycles. The molecule has 2 N–H and O–H groups in total. The van der Waals surface area contributed by atoms with Crippen molar-refractivity contribution in [2.24, 2.45) is 0 Å². The van der Waals surface area contributed by atoms with Crippen molar-refractivity contribution in [2.45, 2.75) is 13.2 Å². The fraction of sp³-hybridized carbons (Fsp3) is 0.200. The molecule has 3 aromatic rings. The third-order valence-electron chi connectivity index (χ3n) is 3.54. The average Bonchev–Trinajstić information content (AvgIpc) is 3.16. The zero-order valence-electron chi connectivity index (χ0n) is 12.4. The second-order valence-electron chi connectivity index (χ2n) is 4.89. The van der Waals surface area contributed by atoms with Crippen molar-refractivity contribution in [3.05, 3.63) is 58.4 Å². The van der Waals surface area contributed by atoms with Gasteiger partial charge in [0.25, 0.3) is 0 Å². The quantitative estimate of drug-likeness (QED) is 0.741. The number of hydrogen-bond donors (Lipinski definition) is 2.